The third-order valence-electron chi connectivity index (χ3n) is 4.73. The van der Waals surface area contributed by atoms with Gasteiger partial charge in [-0.25, -0.2) is 4.98 Å². The lowest BCUT2D eigenvalue weighted by molar-refractivity contribution is -0.123. The monoisotopic (exact) mass is 270 g/mol. The molecule has 1 aromatic carbocycles. The lowest BCUT2D eigenvalue weighted by Crippen LogP contribution is -2.27. The maximum Gasteiger partial charge on any atom is 0.146 e. The van der Waals surface area contributed by atoms with E-state index in [0.717, 1.165) is 36.1 Å². The number of fused-ring (bicyclic) bond motifs is 3. The van der Waals surface area contributed by atoms with E-state index < -0.39 is 0 Å². The molecule has 2 fully saturated rings. The molecule has 3 atom stereocenters. The number of benzene rings is 1. The fourth-order valence-corrected chi connectivity index (χ4v) is 3.62. The van der Waals surface area contributed by atoms with E-state index in [-0.39, 0.29) is 17.8 Å². The Kier molecular flexibility index (Phi) is 2.67. The van der Waals surface area contributed by atoms with E-state index in [9.17, 15) is 4.79 Å². The number of aromatic nitrogens is 2. The minimum absolute atomic E-state index is 0.0913. The van der Waals surface area contributed by atoms with Crippen LogP contribution < -0.4 is 0 Å². The number of ketones is 1. The summed E-state index contributed by atoms with van der Waals surface area (Å²) in [5, 5.41) is 0. The summed E-state index contributed by atoms with van der Waals surface area (Å²) >= 11 is 0. The van der Waals surface area contributed by atoms with Gasteiger partial charge in [0.1, 0.15) is 11.6 Å². The van der Waals surface area contributed by atoms with Crippen LogP contribution in [0.3, 0.4) is 0 Å². The van der Waals surface area contributed by atoms with Crippen molar-refractivity contribution in [3.8, 4) is 0 Å². The highest BCUT2D eigenvalue weighted by Gasteiger charge is 2.44. The number of imidazole rings is 1. The predicted molar refractivity (Wildman–Crippen MR) is 75.4 cm³/mol. The molecule has 0 saturated carbocycles. The quantitative estimate of drug-likeness (QED) is 0.859. The molecule has 4 rings (SSSR count). The summed E-state index contributed by atoms with van der Waals surface area (Å²) in [4.78, 5) is 17.1. The summed E-state index contributed by atoms with van der Waals surface area (Å²) < 4.78 is 7.81. The van der Waals surface area contributed by atoms with Gasteiger partial charge in [0.15, 0.2) is 0 Å². The van der Waals surface area contributed by atoms with Gasteiger partial charge in [-0.3, -0.25) is 4.79 Å². The van der Waals surface area contributed by atoms with Crippen molar-refractivity contribution in [3.63, 3.8) is 0 Å². The van der Waals surface area contributed by atoms with Crippen LogP contribution >= 0.6 is 0 Å². The summed E-state index contributed by atoms with van der Waals surface area (Å²) in [5.41, 5.74) is 2.04. The number of carbonyl (C=O) groups excluding carboxylic acids is 1. The first kappa shape index (κ1) is 12.1. The van der Waals surface area contributed by atoms with Crippen LogP contribution in [-0.4, -0.2) is 27.5 Å². The average molecular weight is 270 g/mol. The minimum Gasteiger partial charge on any atom is -0.374 e. The first-order valence-electron chi connectivity index (χ1n) is 7.31. The molecule has 2 aromatic rings. The molecule has 104 valence electrons. The SMILES string of the molecule is Cn1c(CC(=O)C2CC3CCC2O3)nc2ccccc21. The molecule has 4 nitrogen and oxygen atoms in total. The molecule has 0 radical (unpaired) electrons. The van der Waals surface area contributed by atoms with Gasteiger partial charge in [0.05, 0.1) is 29.7 Å². The maximum absolute atomic E-state index is 12.5. The van der Waals surface area contributed by atoms with Crippen LogP contribution in [0.15, 0.2) is 24.3 Å². The third-order valence-corrected chi connectivity index (χ3v) is 4.73. The normalized spacial score (nSPS) is 28.4. The fraction of sp³-hybridized carbons (Fsp3) is 0.500. The Morgan fingerprint density at radius 1 is 1.40 bits per heavy atom. The Morgan fingerprint density at radius 3 is 2.95 bits per heavy atom. The van der Waals surface area contributed by atoms with Crippen molar-refractivity contribution in [2.45, 2.75) is 37.9 Å². The van der Waals surface area contributed by atoms with E-state index in [0.29, 0.717) is 12.5 Å². The highest BCUT2D eigenvalue weighted by atomic mass is 16.5. The van der Waals surface area contributed by atoms with Crippen LogP contribution in [0.25, 0.3) is 11.0 Å². The van der Waals surface area contributed by atoms with Gasteiger partial charge < -0.3 is 9.30 Å². The zero-order valence-corrected chi connectivity index (χ0v) is 11.6. The average Bonchev–Trinajstić information content (AvgIpc) is 3.15. The number of carbonyl (C=O) groups is 1. The summed E-state index contributed by atoms with van der Waals surface area (Å²) in [6.07, 6.45) is 4.00. The standard InChI is InChI=1S/C16H18N2O2/c1-18-13-5-3-2-4-12(13)17-16(18)9-14(19)11-8-10-6-7-15(11)20-10/h2-5,10-11,15H,6-9H2,1H3. The topological polar surface area (TPSA) is 44.1 Å². The van der Waals surface area contributed by atoms with Crippen molar-refractivity contribution in [1.82, 2.24) is 9.55 Å². The molecule has 0 N–H and O–H groups in total. The van der Waals surface area contributed by atoms with E-state index in [1.165, 1.54) is 0 Å². The molecule has 0 spiro atoms. The number of Topliss-reactive ketones (excluding diaryl/α,β-unsaturated/α-hetero) is 1. The predicted octanol–water partition coefficient (Wildman–Crippen LogP) is 2.25. The molecule has 3 heterocycles. The van der Waals surface area contributed by atoms with Crippen LogP contribution in [-0.2, 0) is 23.0 Å². The highest BCUT2D eigenvalue weighted by molar-refractivity contribution is 5.85. The van der Waals surface area contributed by atoms with Crippen molar-refractivity contribution in [3.05, 3.63) is 30.1 Å². The van der Waals surface area contributed by atoms with Gasteiger partial charge in [0.2, 0.25) is 0 Å². The molecule has 3 unspecified atom stereocenters. The van der Waals surface area contributed by atoms with Crippen molar-refractivity contribution < 1.29 is 9.53 Å². The van der Waals surface area contributed by atoms with Crippen LogP contribution in [0.5, 0.6) is 0 Å². The number of ether oxygens (including phenoxy) is 1. The van der Waals surface area contributed by atoms with E-state index in [2.05, 4.69) is 4.98 Å². The Labute approximate surface area is 117 Å². The molecular weight excluding hydrogens is 252 g/mol. The summed E-state index contributed by atoms with van der Waals surface area (Å²) in [7, 11) is 1.98. The first-order chi connectivity index (χ1) is 9.72. The van der Waals surface area contributed by atoms with Crippen molar-refractivity contribution in [2.75, 3.05) is 0 Å². The third kappa shape index (κ3) is 1.79. The molecule has 0 aliphatic carbocycles. The smallest absolute Gasteiger partial charge is 0.146 e. The Hall–Kier alpha value is -1.68. The highest BCUT2D eigenvalue weighted by Crippen LogP contribution is 2.39. The Morgan fingerprint density at radius 2 is 2.25 bits per heavy atom. The van der Waals surface area contributed by atoms with Gasteiger partial charge >= 0.3 is 0 Å². The zero-order chi connectivity index (χ0) is 13.7. The van der Waals surface area contributed by atoms with Gasteiger partial charge in [0, 0.05) is 13.0 Å². The minimum atomic E-state index is 0.0913. The van der Waals surface area contributed by atoms with Crippen LogP contribution in [0.1, 0.15) is 25.1 Å². The first-order valence-corrected chi connectivity index (χ1v) is 7.31. The molecule has 1 aromatic heterocycles. The van der Waals surface area contributed by atoms with E-state index >= 15 is 0 Å². The molecule has 2 bridgehead atoms. The molecule has 2 aliphatic heterocycles. The summed E-state index contributed by atoms with van der Waals surface area (Å²) in [6, 6.07) is 8.00. The van der Waals surface area contributed by atoms with Gasteiger partial charge in [0.25, 0.3) is 0 Å². The number of hydrogen-bond donors (Lipinski definition) is 0. The number of para-hydroxylation sites is 2. The van der Waals surface area contributed by atoms with Crippen LogP contribution in [0, 0.1) is 5.92 Å². The van der Waals surface area contributed by atoms with Gasteiger partial charge in [-0.2, -0.15) is 0 Å². The summed E-state index contributed by atoms with van der Waals surface area (Å²) in [5.74, 6) is 1.24. The fourth-order valence-electron chi connectivity index (χ4n) is 3.62. The van der Waals surface area contributed by atoms with Gasteiger partial charge in [-0.05, 0) is 31.4 Å². The number of nitrogens with zero attached hydrogens (tertiary/aromatic N) is 2. The lowest BCUT2D eigenvalue weighted by atomic mass is 9.85. The van der Waals surface area contributed by atoms with Crippen LogP contribution in [0.4, 0.5) is 0 Å². The maximum atomic E-state index is 12.5. The van der Waals surface area contributed by atoms with Crippen molar-refractivity contribution in [1.29, 1.82) is 0 Å². The summed E-state index contributed by atoms with van der Waals surface area (Å²) in [6.45, 7) is 0. The van der Waals surface area contributed by atoms with Crippen molar-refractivity contribution in [2.24, 2.45) is 13.0 Å². The van der Waals surface area contributed by atoms with Crippen LogP contribution in [0.2, 0.25) is 0 Å². The van der Waals surface area contributed by atoms with Gasteiger partial charge in [-0.1, -0.05) is 12.1 Å². The van der Waals surface area contributed by atoms with E-state index in [4.69, 9.17) is 4.74 Å². The largest absolute Gasteiger partial charge is 0.374 e. The molecule has 2 saturated heterocycles. The second kappa shape index (κ2) is 4.42. The number of hydrogen-bond acceptors (Lipinski definition) is 3. The van der Waals surface area contributed by atoms with Crippen molar-refractivity contribution >= 4 is 16.8 Å². The molecule has 2 aliphatic rings. The molecule has 4 heteroatoms. The molecule has 0 amide bonds. The van der Waals surface area contributed by atoms with E-state index in [1.54, 1.807) is 0 Å². The molecule has 20 heavy (non-hydrogen) atoms. The zero-order valence-electron chi connectivity index (χ0n) is 11.6. The van der Waals surface area contributed by atoms with E-state index in [1.807, 2.05) is 35.9 Å². The Balaban J connectivity index is 1.58. The molecular formula is C16H18N2O2. The number of aryl methyl sites for hydroxylation is 1. The Bertz CT molecular complexity index is 676. The lowest BCUT2D eigenvalue weighted by Gasteiger charge is -2.16. The second-order valence-corrected chi connectivity index (χ2v) is 5.93. The van der Waals surface area contributed by atoms with Gasteiger partial charge in [-0.15, -0.1) is 0 Å². The number of rotatable bonds is 3. The second-order valence-electron chi connectivity index (χ2n) is 5.93.